The van der Waals surface area contributed by atoms with E-state index in [9.17, 15) is 4.79 Å². The summed E-state index contributed by atoms with van der Waals surface area (Å²) >= 11 is 0. The number of hydrogen-bond donors (Lipinski definition) is 0. The van der Waals surface area contributed by atoms with Gasteiger partial charge in [-0.25, -0.2) is 0 Å². The smallest absolute Gasteiger partial charge is 0.262 e. The lowest BCUT2D eigenvalue weighted by Crippen LogP contribution is -2.10. The lowest BCUT2D eigenvalue weighted by molar-refractivity contribution is 0.0965. The highest BCUT2D eigenvalue weighted by Gasteiger charge is 2.10. The van der Waals surface area contributed by atoms with Crippen molar-refractivity contribution in [2.24, 2.45) is 0 Å². The maximum absolute atomic E-state index is 12.4. The molecule has 0 N–H and O–H groups in total. The molecule has 0 spiro atoms. The minimum absolute atomic E-state index is 0.0138. The molecule has 3 aromatic rings. The van der Waals surface area contributed by atoms with E-state index in [2.05, 4.69) is 0 Å². The summed E-state index contributed by atoms with van der Waals surface area (Å²) in [5.74, 6) is 0.0138. The summed E-state index contributed by atoms with van der Waals surface area (Å²) in [5, 5.41) is 1.08. The Labute approximate surface area is 105 Å². The van der Waals surface area contributed by atoms with Crippen LogP contribution in [-0.2, 0) is 0 Å². The summed E-state index contributed by atoms with van der Waals surface area (Å²) in [4.78, 5) is 12.4. The molecule has 0 unspecified atom stereocenters. The summed E-state index contributed by atoms with van der Waals surface area (Å²) in [7, 11) is 0. The fourth-order valence-corrected chi connectivity index (χ4v) is 2.18. The van der Waals surface area contributed by atoms with Crippen LogP contribution in [0.1, 0.15) is 15.9 Å². The normalized spacial score (nSPS) is 10.7. The van der Waals surface area contributed by atoms with Crippen molar-refractivity contribution >= 4 is 16.8 Å². The van der Waals surface area contributed by atoms with Crippen molar-refractivity contribution in [1.82, 2.24) is 4.57 Å². The largest absolute Gasteiger partial charge is 0.283 e. The van der Waals surface area contributed by atoms with Gasteiger partial charge in [-0.1, -0.05) is 35.9 Å². The molecular weight excluding hydrogens is 222 g/mol. The average molecular weight is 235 g/mol. The van der Waals surface area contributed by atoms with E-state index >= 15 is 0 Å². The van der Waals surface area contributed by atoms with E-state index in [0.29, 0.717) is 0 Å². The number of nitrogens with zero attached hydrogens (tertiary/aromatic N) is 1. The summed E-state index contributed by atoms with van der Waals surface area (Å²) in [6.07, 6.45) is 1.83. The number of aryl methyl sites for hydroxylation is 1. The Hall–Kier alpha value is -2.35. The Morgan fingerprint density at radius 3 is 2.67 bits per heavy atom. The number of rotatable bonds is 1. The van der Waals surface area contributed by atoms with Crippen LogP contribution in [0, 0.1) is 6.92 Å². The fraction of sp³-hybridized carbons (Fsp3) is 0.0625. The monoisotopic (exact) mass is 235 g/mol. The lowest BCUT2D eigenvalue weighted by atomic mass is 10.1. The standard InChI is InChI=1S/C16H13NO/c1-12-5-4-7-14(11-12)16(18)17-10-9-13-6-2-3-8-15(13)17/h2-11H,1H3. The second kappa shape index (κ2) is 4.15. The summed E-state index contributed by atoms with van der Waals surface area (Å²) in [6, 6.07) is 17.5. The van der Waals surface area contributed by atoms with Gasteiger partial charge in [0, 0.05) is 17.1 Å². The SMILES string of the molecule is Cc1cccc(C(=O)n2ccc3ccccc32)c1. The predicted octanol–water partition coefficient (Wildman–Crippen LogP) is 3.64. The molecule has 0 saturated heterocycles. The van der Waals surface area contributed by atoms with Gasteiger partial charge in [-0.3, -0.25) is 9.36 Å². The van der Waals surface area contributed by atoms with Crippen molar-refractivity contribution in [1.29, 1.82) is 0 Å². The molecule has 18 heavy (non-hydrogen) atoms. The third-order valence-corrected chi connectivity index (χ3v) is 3.08. The summed E-state index contributed by atoms with van der Waals surface area (Å²) in [5.41, 5.74) is 2.76. The molecule has 0 aliphatic carbocycles. The first-order valence-electron chi connectivity index (χ1n) is 5.93. The number of fused-ring (bicyclic) bond motifs is 1. The van der Waals surface area contributed by atoms with Crippen molar-refractivity contribution in [2.75, 3.05) is 0 Å². The van der Waals surface area contributed by atoms with Crippen LogP contribution in [0.15, 0.2) is 60.8 Å². The van der Waals surface area contributed by atoms with E-state index in [-0.39, 0.29) is 5.91 Å². The Morgan fingerprint density at radius 1 is 1.00 bits per heavy atom. The van der Waals surface area contributed by atoms with Gasteiger partial charge in [0.05, 0.1) is 5.52 Å². The first-order valence-corrected chi connectivity index (χ1v) is 5.93. The van der Waals surface area contributed by atoms with Crippen molar-refractivity contribution in [3.63, 3.8) is 0 Å². The third kappa shape index (κ3) is 1.72. The van der Waals surface area contributed by atoms with Gasteiger partial charge in [-0.15, -0.1) is 0 Å². The predicted molar refractivity (Wildman–Crippen MR) is 72.8 cm³/mol. The van der Waals surface area contributed by atoms with Crippen LogP contribution in [0.25, 0.3) is 10.9 Å². The highest BCUT2D eigenvalue weighted by molar-refractivity contribution is 6.02. The molecule has 0 aliphatic heterocycles. The van der Waals surface area contributed by atoms with Gasteiger partial charge < -0.3 is 0 Å². The summed E-state index contributed by atoms with van der Waals surface area (Å²) in [6.45, 7) is 1.99. The van der Waals surface area contributed by atoms with E-state index in [4.69, 9.17) is 0 Å². The number of para-hydroxylation sites is 1. The van der Waals surface area contributed by atoms with Crippen molar-refractivity contribution in [2.45, 2.75) is 6.92 Å². The van der Waals surface area contributed by atoms with Gasteiger partial charge in [0.15, 0.2) is 0 Å². The Morgan fingerprint density at radius 2 is 1.83 bits per heavy atom. The van der Waals surface area contributed by atoms with E-state index in [1.807, 2.05) is 67.7 Å². The quantitative estimate of drug-likeness (QED) is 0.631. The molecule has 0 aliphatic rings. The second-order valence-electron chi connectivity index (χ2n) is 4.42. The van der Waals surface area contributed by atoms with Gasteiger partial charge in [0.25, 0.3) is 5.91 Å². The molecule has 0 bridgehead atoms. The number of carbonyl (C=O) groups excluding carboxylic acids is 1. The minimum Gasteiger partial charge on any atom is -0.283 e. The van der Waals surface area contributed by atoms with Gasteiger partial charge >= 0.3 is 0 Å². The lowest BCUT2D eigenvalue weighted by Gasteiger charge is -2.05. The molecule has 1 heterocycles. The molecule has 2 nitrogen and oxygen atoms in total. The zero-order valence-electron chi connectivity index (χ0n) is 10.1. The van der Waals surface area contributed by atoms with Crippen molar-refractivity contribution < 1.29 is 4.79 Å². The van der Waals surface area contributed by atoms with E-state index < -0.39 is 0 Å². The second-order valence-corrected chi connectivity index (χ2v) is 4.42. The Balaban J connectivity index is 2.12. The van der Waals surface area contributed by atoms with Crippen LogP contribution in [0.3, 0.4) is 0 Å². The van der Waals surface area contributed by atoms with Crippen molar-refractivity contribution in [3.05, 3.63) is 71.9 Å². The summed E-state index contributed by atoms with van der Waals surface area (Å²) < 4.78 is 1.70. The van der Waals surface area contributed by atoms with Gasteiger partial charge in [0.2, 0.25) is 0 Å². The van der Waals surface area contributed by atoms with Crippen molar-refractivity contribution in [3.8, 4) is 0 Å². The fourth-order valence-electron chi connectivity index (χ4n) is 2.18. The van der Waals surface area contributed by atoms with Crippen LogP contribution in [-0.4, -0.2) is 10.5 Å². The van der Waals surface area contributed by atoms with Gasteiger partial charge in [0.1, 0.15) is 0 Å². The first-order chi connectivity index (χ1) is 8.75. The molecule has 0 saturated carbocycles. The number of hydrogen-bond acceptors (Lipinski definition) is 1. The highest BCUT2D eigenvalue weighted by atomic mass is 16.2. The minimum atomic E-state index is 0.0138. The molecule has 88 valence electrons. The average Bonchev–Trinajstić information content (AvgIpc) is 2.82. The third-order valence-electron chi connectivity index (χ3n) is 3.08. The zero-order valence-corrected chi connectivity index (χ0v) is 10.1. The van der Waals surface area contributed by atoms with Crippen LogP contribution in [0.2, 0.25) is 0 Å². The molecule has 2 heteroatoms. The van der Waals surface area contributed by atoms with E-state index in [1.54, 1.807) is 4.57 Å². The first kappa shape index (κ1) is 10.8. The Kier molecular flexibility index (Phi) is 2.49. The van der Waals surface area contributed by atoms with E-state index in [1.165, 1.54) is 0 Å². The Bertz CT molecular complexity index is 725. The molecule has 3 rings (SSSR count). The maximum Gasteiger partial charge on any atom is 0.262 e. The number of benzene rings is 2. The van der Waals surface area contributed by atoms with Gasteiger partial charge in [-0.2, -0.15) is 0 Å². The molecule has 2 aromatic carbocycles. The van der Waals surface area contributed by atoms with Crippen LogP contribution >= 0.6 is 0 Å². The number of carbonyl (C=O) groups is 1. The molecule has 0 amide bonds. The topological polar surface area (TPSA) is 22.0 Å². The van der Waals surface area contributed by atoms with Gasteiger partial charge in [-0.05, 0) is 31.2 Å². The highest BCUT2D eigenvalue weighted by Crippen LogP contribution is 2.17. The van der Waals surface area contributed by atoms with Crippen LogP contribution in [0.4, 0.5) is 0 Å². The number of aromatic nitrogens is 1. The van der Waals surface area contributed by atoms with Crippen LogP contribution < -0.4 is 0 Å². The molecule has 0 atom stereocenters. The molecule has 0 radical (unpaired) electrons. The maximum atomic E-state index is 12.4. The van der Waals surface area contributed by atoms with E-state index in [0.717, 1.165) is 22.0 Å². The molecular formula is C16H13NO. The van der Waals surface area contributed by atoms with Crippen LogP contribution in [0.5, 0.6) is 0 Å². The molecule has 0 fully saturated rings. The zero-order chi connectivity index (χ0) is 12.5. The molecule has 1 aromatic heterocycles.